The number of hydrogen-bond donors (Lipinski definition) is 1. The van der Waals surface area contributed by atoms with Crippen LogP contribution in [0.4, 0.5) is 0 Å². The number of para-hydroxylation sites is 1. The predicted molar refractivity (Wildman–Crippen MR) is 130 cm³/mol. The third kappa shape index (κ3) is 5.70. The van der Waals surface area contributed by atoms with Crippen molar-refractivity contribution < 1.29 is 4.79 Å². The van der Waals surface area contributed by atoms with Crippen LogP contribution in [0.25, 0.3) is 10.9 Å². The molecule has 4 nitrogen and oxygen atoms in total. The number of benzene rings is 3. The molecule has 1 aromatic heterocycles. The van der Waals surface area contributed by atoms with Crippen LogP contribution in [0.3, 0.4) is 0 Å². The Kier molecular flexibility index (Phi) is 6.97. The lowest BCUT2D eigenvalue weighted by Crippen LogP contribution is -2.19. The Morgan fingerprint density at radius 2 is 1.65 bits per heavy atom. The van der Waals surface area contributed by atoms with Gasteiger partial charge in [0.25, 0.3) is 0 Å². The molecular formula is C24H19Cl2N3OS. The molecule has 0 radical (unpaired) electrons. The second-order valence-corrected chi connectivity index (χ2v) is 8.81. The Labute approximate surface area is 194 Å². The number of halogens is 2. The van der Waals surface area contributed by atoms with Crippen molar-refractivity contribution in [3.8, 4) is 0 Å². The number of aromatic nitrogens is 1. The first kappa shape index (κ1) is 21.5. The quantitative estimate of drug-likeness (QED) is 0.198. The molecule has 0 bridgehead atoms. The van der Waals surface area contributed by atoms with E-state index in [9.17, 15) is 4.79 Å². The molecule has 0 aliphatic rings. The van der Waals surface area contributed by atoms with E-state index in [0.29, 0.717) is 5.02 Å². The molecule has 0 fully saturated rings. The van der Waals surface area contributed by atoms with Gasteiger partial charge >= 0.3 is 0 Å². The van der Waals surface area contributed by atoms with Crippen LogP contribution < -0.4 is 5.43 Å². The number of hydrogen-bond acceptors (Lipinski definition) is 3. The van der Waals surface area contributed by atoms with Crippen molar-refractivity contribution in [2.24, 2.45) is 5.10 Å². The van der Waals surface area contributed by atoms with E-state index in [2.05, 4.69) is 21.2 Å². The van der Waals surface area contributed by atoms with Crippen LogP contribution in [0.1, 0.15) is 11.1 Å². The van der Waals surface area contributed by atoms with Gasteiger partial charge in [-0.05, 0) is 48.0 Å². The van der Waals surface area contributed by atoms with Crippen LogP contribution in [0.2, 0.25) is 10.0 Å². The van der Waals surface area contributed by atoms with E-state index < -0.39 is 0 Å². The van der Waals surface area contributed by atoms with Gasteiger partial charge < -0.3 is 4.57 Å². The van der Waals surface area contributed by atoms with E-state index in [1.165, 1.54) is 11.8 Å². The number of nitrogens with zero attached hydrogens (tertiary/aromatic N) is 2. The predicted octanol–water partition coefficient (Wildman–Crippen LogP) is 6.24. The van der Waals surface area contributed by atoms with Crippen molar-refractivity contribution >= 4 is 58.0 Å². The average molecular weight is 468 g/mol. The Morgan fingerprint density at radius 1 is 0.968 bits per heavy atom. The largest absolute Gasteiger partial charge is 0.342 e. The molecule has 0 aliphatic carbocycles. The van der Waals surface area contributed by atoms with Crippen LogP contribution >= 0.6 is 35.0 Å². The molecule has 4 aromatic rings. The Bertz CT molecular complexity index is 1220. The van der Waals surface area contributed by atoms with Gasteiger partial charge in [0.2, 0.25) is 5.91 Å². The third-order valence-corrected chi connectivity index (χ3v) is 6.18. The second-order valence-electron chi connectivity index (χ2n) is 6.89. The summed E-state index contributed by atoms with van der Waals surface area (Å²) in [5, 5.41) is 6.63. The molecule has 1 heterocycles. The molecule has 1 amide bonds. The number of thioether (sulfide) groups is 1. The van der Waals surface area contributed by atoms with Crippen LogP contribution in [-0.2, 0) is 11.3 Å². The van der Waals surface area contributed by atoms with E-state index in [0.717, 1.165) is 38.5 Å². The van der Waals surface area contributed by atoms with Crippen LogP contribution in [0, 0.1) is 0 Å². The summed E-state index contributed by atoms with van der Waals surface area (Å²) in [7, 11) is 0. The number of carbonyl (C=O) groups excluding carboxylic acids is 1. The molecule has 0 aliphatic heterocycles. The molecule has 4 rings (SSSR count). The van der Waals surface area contributed by atoms with Crippen molar-refractivity contribution in [2.45, 2.75) is 11.4 Å². The molecule has 0 spiro atoms. The topological polar surface area (TPSA) is 46.4 Å². The fourth-order valence-corrected chi connectivity index (χ4v) is 4.12. The molecule has 156 valence electrons. The van der Waals surface area contributed by atoms with Crippen LogP contribution in [0.15, 0.2) is 89.0 Å². The molecule has 0 atom stereocenters. The van der Waals surface area contributed by atoms with Gasteiger partial charge in [-0.1, -0.05) is 53.5 Å². The monoisotopic (exact) mass is 467 g/mol. The maximum atomic E-state index is 12.1. The summed E-state index contributed by atoms with van der Waals surface area (Å²) in [6.45, 7) is 0.718. The average Bonchev–Trinajstić information content (AvgIpc) is 3.12. The first-order valence-electron chi connectivity index (χ1n) is 9.61. The first-order chi connectivity index (χ1) is 15.1. The summed E-state index contributed by atoms with van der Waals surface area (Å²) in [6, 6.07) is 23.3. The standard InChI is InChI=1S/C24H19Cl2N3OS/c25-19-7-5-17(6-8-19)14-29-15-18(22-3-1-2-4-23(22)29)13-27-28-24(30)16-31-21-11-9-20(26)10-12-21/h1-13,15H,14,16H2,(H,28,30)/b27-13-. The summed E-state index contributed by atoms with van der Waals surface area (Å²) in [5.74, 6) is 0.109. The lowest BCUT2D eigenvalue weighted by molar-refractivity contribution is -0.118. The number of carbonyl (C=O) groups is 1. The molecule has 31 heavy (non-hydrogen) atoms. The Hall–Kier alpha value is -2.73. The fourth-order valence-electron chi connectivity index (χ4n) is 3.18. The van der Waals surface area contributed by atoms with Gasteiger partial charge in [-0.25, -0.2) is 5.43 Å². The minimum absolute atomic E-state index is 0.166. The van der Waals surface area contributed by atoms with Crippen molar-refractivity contribution in [3.05, 3.63) is 100 Å². The highest BCUT2D eigenvalue weighted by Gasteiger charge is 2.08. The van der Waals surface area contributed by atoms with Gasteiger partial charge in [-0.15, -0.1) is 11.8 Å². The second kappa shape index (κ2) is 10.1. The number of rotatable bonds is 7. The minimum atomic E-state index is -0.166. The smallest absolute Gasteiger partial charge is 0.250 e. The number of amides is 1. The summed E-state index contributed by atoms with van der Waals surface area (Å²) in [4.78, 5) is 13.1. The first-order valence-corrected chi connectivity index (χ1v) is 11.4. The van der Waals surface area contributed by atoms with E-state index in [1.54, 1.807) is 18.3 Å². The summed E-state index contributed by atoms with van der Waals surface area (Å²) in [6.07, 6.45) is 3.73. The fraction of sp³-hybridized carbons (Fsp3) is 0.0833. The van der Waals surface area contributed by atoms with Gasteiger partial charge in [0, 0.05) is 44.1 Å². The van der Waals surface area contributed by atoms with E-state index in [1.807, 2.05) is 60.8 Å². The summed E-state index contributed by atoms with van der Waals surface area (Å²) < 4.78 is 2.16. The number of nitrogens with one attached hydrogen (secondary N) is 1. The van der Waals surface area contributed by atoms with E-state index >= 15 is 0 Å². The number of fused-ring (bicyclic) bond motifs is 1. The maximum absolute atomic E-state index is 12.1. The lowest BCUT2D eigenvalue weighted by atomic mass is 10.2. The highest BCUT2D eigenvalue weighted by molar-refractivity contribution is 8.00. The maximum Gasteiger partial charge on any atom is 0.250 e. The van der Waals surface area contributed by atoms with Gasteiger partial charge in [0.1, 0.15) is 0 Å². The molecule has 3 aromatic carbocycles. The molecule has 7 heteroatoms. The van der Waals surface area contributed by atoms with E-state index in [4.69, 9.17) is 23.2 Å². The van der Waals surface area contributed by atoms with Crippen molar-refractivity contribution in [1.29, 1.82) is 0 Å². The van der Waals surface area contributed by atoms with Gasteiger partial charge in [-0.2, -0.15) is 5.10 Å². The zero-order valence-electron chi connectivity index (χ0n) is 16.5. The minimum Gasteiger partial charge on any atom is -0.342 e. The lowest BCUT2D eigenvalue weighted by Gasteiger charge is -2.05. The van der Waals surface area contributed by atoms with Crippen molar-refractivity contribution in [3.63, 3.8) is 0 Å². The molecule has 0 unspecified atom stereocenters. The zero-order chi connectivity index (χ0) is 21.6. The molecule has 0 saturated carbocycles. The van der Waals surface area contributed by atoms with Crippen LogP contribution in [0.5, 0.6) is 0 Å². The molecular weight excluding hydrogens is 449 g/mol. The zero-order valence-corrected chi connectivity index (χ0v) is 18.8. The number of hydrazone groups is 1. The Morgan fingerprint density at radius 3 is 2.39 bits per heavy atom. The third-order valence-electron chi connectivity index (χ3n) is 4.66. The normalized spacial score (nSPS) is 11.3. The molecule has 1 N–H and O–H groups in total. The highest BCUT2D eigenvalue weighted by Crippen LogP contribution is 2.22. The van der Waals surface area contributed by atoms with Crippen molar-refractivity contribution in [1.82, 2.24) is 9.99 Å². The Balaban J connectivity index is 1.42. The SMILES string of the molecule is O=C(CSc1ccc(Cl)cc1)N/N=C\c1cn(Cc2ccc(Cl)cc2)c2ccccc12. The van der Waals surface area contributed by atoms with E-state index in [-0.39, 0.29) is 11.7 Å². The summed E-state index contributed by atoms with van der Waals surface area (Å²) in [5.41, 5.74) is 5.80. The summed E-state index contributed by atoms with van der Waals surface area (Å²) >= 11 is 13.3. The molecule has 0 saturated heterocycles. The highest BCUT2D eigenvalue weighted by atomic mass is 35.5. The van der Waals surface area contributed by atoms with Crippen molar-refractivity contribution in [2.75, 3.05) is 5.75 Å². The van der Waals surface area contributed by atoms with Gasteiger partial charge in [0.15, 0.2) is 0 Å². The van der Waals surface area contributed by atoms with Gasteiger partial charge in [-0.3, -0.25) is 4.79 Å². The van der Waals surface area contributed by atoms with Crippen LogP contribution in [-0.4, -0.2) is 22.4 Å². The van der Waals surface area contributed by atoms with Gasteiger partial charge in [0.05, 0.1) is 12.0 Å².